The van der Waals surface area contributed by atoms with Crippen LogP contribution in [0.4, 0.5) is 8.78 Å². The van der Waals surface area contributed by atoms with Gasteiger partial charge in [-0.1, -0.05) is 18.2 Å². The van der Waals surface area contributed by atoms with Gasteiger partial charge in [0, 0.05) is 5.56 Å². The van der Waals surface area contributed by atoms with Crippen LogP contribution in [0.15, 0.2) is 48.5 Å². The highest BCUT2D eigenvalue weighted by Crippen LogP contribution is 2.11. The molecule has 0 atom stereocenters. The third-order valence-electron chi connectivity index (χ3n) is 2.65. The fourth-order valence-electron chi connectivity index (χ4n) is 1.63. The van der Waals surface area contributed by atoms with Gasteiger partial charge in [-0.15, -0.1) is 0 Å². The number of benzene rings is 2. The second-order valence-corrected chi connectivity index (χ2v) is 4.06. The maximum atomic E-state index is 13.0. The Labute approximate surface area is 114 Å². The molecule has 0 aliphatic carbocycles. The normalized spacial score (nSPS) is 10.4. The number of hydrogen-bond acceptors (Lipinski definition) is 2. The van der Waals surface area contributed by atoms with E-state index in [1.165, 1.54) is 18.2 Å². The summed E-state index contributed by atoms with van der Waals surface area (Å²) < 4.78 is 25.8. The molecule has 98 valence electrons. The summed E-state index contributed by atoms with van der Waals surface area (Å²) >= 11 is 0. The van der Waals surface area contributed by atoms with Gasteiger partial charge in [-0.25, -0.2) is 8.78 Å². The Hall–Kier alpha value is -2.80. The molecule has 0 saturated heterocycles. The van der Waals surface area contributed by atoms with Gasteiger partial charge in [0.25, 0.3) is 0 Å². The van der Waals surface area contributed by atoms with Crippen LogP contribution in [0.1, 0.15) is 21.5 Å². The summed E-state index contributed by atoms with van der Waals surface area (Å²) in [6.07, 6.45) is 2.77. The van der Waals surface area contributed by atoms with E-state index in [0.717, 1.165) is 12.1 Å². The molecule has 0 N–H and O–H groups in total. The Morgan fingerprint density at radius 1 is 1.10 bits per heavy atom. The monoisotopic (exact) mass is 269 g/mol. The molecular weight excluding hydrogens is 260 g/mol. The molecule has 0 unspecified atom stereocenters. The van der Waals surface area contributed by atoms with Gasteiger partial charge in [-0.2, -0.15) is 5.26 Å². The van der Waals surface area contributed by atoms with Crippen LogP contribution in [0.25, 0.3) is 6.08 Å². The predicted molar refractivity (Wildman–Crippen MR) is 70.9 cm³/mol. The van der Waals surface area contributed by atoms with Crippen LogP contribution in [0, 0.1) is 23.0 Å². The quantitative estimate of drug-likeness (QED) is 0.629. The first-order valence-corrected chi connectivity index (χ1v) is 5.78. The van der Waals surface area contributed by atoms with Crippen LogP contribution in [-0.4, -0.2) is 5.78 Å². The minimum absolute atomic E-state index is 0.0663. The number of hydrogen-bond donors (Lipinski definition) is 0. The molecule has 0 saturated carbocycles. The van der Waals surface area contributed by atoms with Gasteiger partial charge in [0.2, 0.25) is 0 Å². The molecule has 0 radical (unpaired) electrons. The average molecular weight is 269 g/mol. The van der Waals surface area contributed by atoms with Crippen molar-refractivity contribution in [1.29, 1.82) is 5.26 Å². The SMILES string of the molecule is N#Cc1cccc(/C=C/C(=O)c2ccc(F)c(F)c2)c1. The maximum absolute atomic E-state index is 13.0. The maximum Gasteiger partial charge on any atom is 0.185 e. The smallest absolute Gasteiger partial charge is 0.185 e. The van der Waals surface area contributed by atoms with Crippen molar-refractivity contribution in [2.24, 2.45) is 0 Å². The van der Waals surface area contributed by atoms with Gasteiger partial charge in [0.1, 0.15) is 0 Å². The van der Waals surface area contributed by atoms with Crippen LogP contribution in [-0.2, 0) is 0 Å². The van der Waals surface area contributed by atoms with Crippen LogP contribution < -0.4 is 0 Å². The molecule has 20 heavy (non-hydrogen) atoms. The minimum atomic E-state index is -1.06. The number of rotatable bonds is 3. The standard InChI is InChI=1S/C16H9F2NO/c17-14-6-5-13(9-15(14)18)16(20)7-4-11-2-1-3-12(8-11)10-19/h1-9H/b7-4+. The molecule has 2 aromatic carbocycles. The van der Waals surface area contributed by atoms with Crippen LogP contribution in [0.3, 0.4) is 0 Å². The lowest BCUT2D eigenvalue weighted by Gasteiger charge is -1.98. The molecule has 0 spiro atoms. The fourth-order valence-corrected chi connectivity index (χ4v) is 1.63. The van der Waals surface area contributed by atoms with E-state index >= 15 is 0 Å². The van der Waals surface area contributed by atoms with Crippen molar-refractivity contribution in [1.82, 2.24) is 0 Å². The van der Waals surface area contributed by atoms with E-state index in [-0.39, 0.29) is 5.56 Å². The van der Waals surface area contributed by atoms with Crippen LogP contribution in [0.2, 0.25) is 0 Å². The van der Waals surface area contributed by atoms with Crippen LogP contribution >= 0.6 is 0 Å². The molecule has 0 heterocycles. The number of nitrogens with zero attached hydrogens (tertiary/aromatic N) is 1. The highest BCUT2D eigenvalue weighted by Gasteiger charge is 2.07. The number of carbonyl (C=O) groups is 1. The van der Waals surface area contributed by atoms with Crippen molar-refractivity contribution >= 4 is 11.9 Å². The van der Waals surface area contributed by atoms with Crippen molar-refractivity contribution < 1.29 is 13.6 Å². The van der Waals surface area contributed by atoms with Gasteiger partial charge >= 0.3 is 0 Å². The highest BCUT2D eigenvalue weighted by molar-refractivity contribution is 6.06. The summed E-state index contributed by atoms with van der Waals surface area (Å²) in [5.41, 5.74) is 1.23. The predicted octanol–water partition coefficient (Wildman–Crippen LogP) is 3.73. The number of nitriles is 1. The molecule has 0 aromatic heterocycles. The summed E-state index contributed by atoms with van der Waals surface area (Å²) in [4.78, 5) is 11.8. The number of ketones is 1. The highest BCUT2D eigenvalue weighted by atomic mass is 19.2. The lowest BCUT2D eigenvalue weighted by atomic mass is 10.1. The van der Waals surface area contributed by atoms with Gasteiger partial charge in [-0.3, -0.25) is 4.79 Å². The lowest BCUT2D eigenvalue weighted by Crippen LogP contribution is -1.96. The summed E-state index contributed by atoms with van der Waals surface area (Å²) in [6, 6.07) is 11.7. The van der Waals surface area contributed by atoms with Crippen molar-refractivity contribution in [2.75, 3.05) is 0 Å². The topological polar surface area (TPSA) is 40.9 Å². The van der Waals surface area contributed by atoms with Crippen LogP contribution in [0.5, 0.6) is 0 Å². The fraction of sp³-hybridized carbons (Fsp3) is 0. The minimum Gasteiger partial charge on any atom is -0.289 e. The van der Waals surface area contributed by atoms with E-state index in [9.17, 15) is 13.6 Å². The van der Waals surface area contributed by atoms with E-state index in [0.29, 0.717) is 11.1 Å². The molecule has 0 aliphatic heterocycles. The van der Waals surface area contributed by atoms with E-state index in [2.05, 4.69) is 0 Å². The van der Waals surface area contributed by atoms with E-state index in [4.69, 9.17) is 5.26 Å². The summed E-state index contributed by atoms with van der Waals surface area (Å²) in [5.74, 6) is -2.49. The summed E-state index contributed by atoms with van der Waals surface area (Å²) in [6.45, 7) is 0. The first kappa shape index (κ1) is 13.6. The van der Waals surface area contributed by atoms with E-state index < -0.39 is 17.4 Å². The molecule has 2 rings (SSSR count). The first-order chi connectivity index (χ1) is 9.60. The molecular formula is C16H9F2NO. The second kappa shape index (κ2) is 5.89. The molecule has 2 nitrogen and oxygen atoms in total. The van der Waals surface area contributed by atoms with Crippen molar-refractivity contribution in [3.8, 4) is 6.07 Å². The molecule has 0 amide bonds. The zero-order valence-corrected chi connectivity index (χ0v) is 10.3. The Balaban J connectivity index is 2.20. The second-order valence-electron chi connectivity index (χ2n) is 4.06. The molecule has 0 fully saturated rings. The number of carbonyl (C=O) groups excluding carboxylic acids is 1. The Morgan fingerprint density at radius 2 is 1.90 bits per heavy atom. The van der Waals surface area contributed by atoms with E-state index in [1.54, 1.807) is 24.3 Å². The van der Waals surface area contributed by atoms with Gasteiger partial charge in [-0.05, 0) is 42.0 Å². The van der Waals surface area contributed by atoms with E-state index in [1.807, 2.05) is 6.07 Å². The number of halogens is 2. The summed E-state index contributed by atoms with van der Waals surface area (Å²) in [5, 5.41) is 8.76. The third-order valence-corrected chi connectivity index (χ3v) is 2.65. The molecule has 0 aliphatic rings. The average Bonchev–Trinajstić information content (AvgIpc) is 2.47. The van der Waals surface area contributed by atoms with Gasteiger partial charge < -0.3 is 0 Å². The Bertz CT molecular complexity index is 729. The zero-order chi connectivity index (χ0) is 14.5. The zero-order valence-electron chi connectivity index (χ0n) is 10.3. The number of allylic oxidation sites excluding steroid dienone is 1. The lowest BCUT2D eigenvalue weighted by molar-refractivity contribution is 0.104. The third kappa shape index (κ3) is 3.15. The van der Waals surface area contributed by atoms with Crippen molar-refractivity contribution in [3.05, 3.63) is 76.9 Å². The largest absolute Gasteiger partial charge is 0.289 e. The molecule has 2 aromatic rings. The Morgan fingerprint density at radius 3 is 2.60 bits per heavy atom. The van der Waals surface area contributed by atoms with Gasteiger partial charge in [0.05, 0.1) is 11.6 Å². The van der Waals surface area contributed by atoms with Crippen molar-refractivity contribution in [3.63, 3.8) is 0 Å². The Kier molecular flexibility index (Phi) is 4.02. The summed E-state index contributed by atoms with van der Waals surface area (Å²) in [7, 11) is 0. The first-order valence-electron chi connectivity index (χ1n) is 5.78. The molecule has 0 bridgehead atoms. The molecule has 4 heteroatoms. The van der Waals surface area contributed by atoms with Crippen molar-refractivity contribution in [2.45, 2.75) is 0 Å². The van der Waals surface area contributed by atoms with Gasteiger partial charge in [0.15, 0.2) is 17.4 Å².